The number of nitrogens with one attached hydrogen (secondary N) is 1. The molecule has 0 aromatic carbocycles. The zero-order valence-corrected chi connectivity index (χ0v) is 7.48. The summed E-state index contributed by atoms with van der Waals surface area (Å²) in [6.45, 7) is 3.52. The maximum atomic E-state index is 11.3. The molecule has 0 saturated carbocycles. The lowest BCUT2D eigenvalue weighted by molar-refractivity contribution is -0.122. The lowest BCUT2D eigenvalue weighted by Crippen LogP contribution is -2.50. The number of likely N-dealkylation sites (N-methyl/N-ethyl adjacent to an activating group) is 2. The van der Waals surface area contributed by atoms with Crippen molar-refractivity contribution in [2.24, 2.45) is 0 Å². The third kappa shape index (κ3) is 1.44. The maximum Gasteiger partial charge on any atom is 0.151 e. The van der Waals surface area contributed by atoms with Crippen molar-refractivity contribution >= 4 is 5.78 Å². The molecular weight excluding hydrogens is 140 g/mol. The number of hydrogen-bond acceptors (Lipinski definition) is 3. The molecule has 1 heterocycles. The van der Waals surface area contributed by atoms with Crippen LogP contribution >= 0.6 is 0 Å². The highest BCUT2D eigenvalue weighted by atomic mass is 16.1. The van der Waals surface area contributed by atoms with Crippen molar-refractivity contribution in [2.45, 2.75) is 18.9 Å². The molecule has 1 atom stereocenters. The highest BCUT2D eigenvalue weighted by Gasteiger charge is 2.39. The van der Waals surface area contributed by atoms with Crippen LogP contribution in [0.2, 0.25) is 0 Å². The molecule has 0 spiro atoms. The van der Waals surface area contributed by atoms with Gasteiger partial charge in [-0.05, 0) is 27.4 Å². The van der Waals surface area contributed by atoms with Crippen molar-refractivity contribution in [3.8, 4) is 0 Å². The Morgan fingerprint density at radius 1 is 1.64 bits per heavy atom. The summed E-state index contributed by atoms with van der Waals surface area (Å²) >= 11 is 0. The summed E-state index contributed by atoms with van der Waals surface area (Å²) in [5.74, 6) is 0.254. The first kappa shape index (κ1) is 8.68. The Morgan fingerprint density at radius 2 is 2.27 bits per heavy atom. The van der Waals surface area contributed by atoms with Crippen LogP contribution in [0.5, 0.6) is 0 Å². The topological polar surface area (TPSA) is 32.3 Å². The number of carbonyl (C=O) groups is 1. The van der Waals surface area contributed by atoms with E-state index in [2.05, 4.69) is 10.2 Å². The molecule has 0 aromatic rings. The molecule has 3 nitrogen and oxygen atoms in total. The monoisotopic (exact) mass is 156 g/mol. The first-order chi connectivity index (χ1) is 5.10. The summed E-state index contributed by atoms with van der Waals surface area (Å²) in [7, 11) is 3.91. The van der Waals surface area contributed by atoms with E-state index in [-0.39, 0.29) is 11.3 Å². The van der Waals surface area contributed by atoms with Crippen LogP contribution in [-0.2, 0) is 4.79 Å². The van der Waals surface area contributed by atoms with Gasteiger partial charge < -0.3 is 10.2 Å². The molecule has 1 aliphatic rings. The van der Waals surface area contributed by atoms with Crippen molar-refractivity contribution < 1.29 is 4.79 Å². The molecule has 0 aliphatic carbocycles. The van der Waals surface area contributed by atoms with Gasteiger partial charge in [-0.3, -0.25) is 4.79 Å². The van der Waals surface area contributed by atoms with Crippen molar-refractivity contribution in [3.63, 3.8) is 0 Å². The van der Waals surface area contributed by atoms with Crippen molar-refractivity contribution in [1.29, 1.82) is 0 Å². The van der Waals surface area contributed by atoms with Crippen LogP contribution in [0, 0.1) is 0 Å². The summed E-state index contributed by atoms with van der Waals surface area (Å²) in [6.07, 6.45) is 0.940. The van der Waals surface area contributed by atoms with Crippen molar-refractivity contribution in [2.75, 3.05) is 27.2 Å². The molecular formula is C8H16N2O. The van der Waals surface area contributed by atoms with Crippen LogP contribution in [0.4, 0.5) is 0 Å². The third-order valence-electron chi connectivity index (χ3n) is 2.61. The fourth-order valence-electron chi connectivity index (χ4n) is 1.67. The van der Waals surface area contributed by atoms with E-state index in [1.54, 1.807) is 6.92 Å². The largest absolute Gasteiger partial charge is 0.307 e. The first-order valence-corrected chi connectivity index (χ1v) is 3.99. The predicted molar refractivity (Wildman–Crippen MR) is 44.6 cm³/mol. The SMILES string of the molecule is CNC1(C(C)=O)CCN(C)C1. The molecule has 3 heteroatoms. The third-order valence-corrected chi connectivity index (χ3v) is 2.61. The first-order valence-electron chi connectivity index (χ1n) is 3.99. The minimum absolute atomic E-state index is 0.254. The normalized spacial score (nSPS) is 32.6. The molecule has 1 saturated heterocycles. The average Bonchev–Trinajstić information content (AvgIpc) is 2.33. The van der Waals surface area contributed by atoms with Gasteiger partial charge in [-0.2, -0.15) is 0 Å². The minimum atomic E-state index is -0.255. The summed E-state index contributed by atoms with van der Waals surface area (Å²) in [6, 6.07) is 0. The van der Waals surface area contributed by atoms with Gasteiger partial charge in [0.1, 0.15) is 0 Å². The standard InChI is InChI=1S/C8H16N2O/c1-7(11)8(9-2)4-5-10(3)6-8/h9H,4-6H2,1-3H3. The van der Waals surface area contributed by atoms with Crippen LogP contribution in [0.25, 0.3) is 0 Å². The zero-order chi connectivity index (χ0) is 8.48. The number of nitrogens with zero attached hydrogens (tertiary/aromatic N) is 1. The van der Waals surface area contributed by atoms with E-state index in [9.17, 15) is 4.79 Å². The Balaban J connectivity index is 2.70. The van der Waals surface area contributed by atoms with Gasteiger partial charge in [0, 0.05) is 13.1 Å². The van der Waals surface area contributed by atoms with E-state index in [4.69, 9.17) is 0 Å². The Labute approximate surface area is 67.8 Å². The summed E-state index contributed by atoms with van der Waals surface area (Å²) < 4.78 is 0. The van der Waals surface area contributed by atoms with Gasteiger partial charge in [0.05, 0.1) is 5.54 Å². The second-order valence-electron chi connectivity index (χ2n) is 3.38. The molecule has 1 N–H and O–H groups in total. The zero-order valence-electron chi connectivity index (χ0n) is 7.48. The van der Waals surface area contributed by atoms with Gasteiger partial charge >= 0.3 is 0 Å². The van der Waals surface area contributed by atoms with Gasteiger partial charge in [-0.25, -0.2) is 0 Å². The van der Waals surface area contributed by atoms with E-state index >= 15 is 0 Å². The second-order valence-corrected chi connectivity index (χ2v) is 3.38. The Bertz CT molecular complexity index is 169. The van der Waals surface area contributed by atoms with E-state index in [0.29, 0.717) is 0 Å². The van der Waals surface area contributed by atoms with Crippen LogP contribution in [0.1, 0.15) is 13.3 Å². The van der Waals surface area contributed by atoms with Crippen LogP contribution in [0.15, 0.2) is 0 Å². The highest BCUT2D eigenvalue weighted by Crippen LogP contribution is 2.20. The number of ketones is 1. The number of rotatable bonds is 2. The lowest BCUT2D eigenvalue weighted by Gasteiger charge is -2.24. The smallest absolute Gasteiger partial charge is 0.151 e. The van der Waals surface area contributed by atoms with Crippen molar-refractivity contribution in [1.82, 2.24) is 10.2 Å². The van der Waals surface area contributed by atoms with Gasteiger partial charge in [-0.1, -0.05) is 0 Å². The molecule has 0 bridgehead atoms. The molecule has 1 unspecified atom stereocenters. The van der Waals surface area contributed by atoms with E-state index < -0.39 is 0 Å². The molecule has 1 aliphatic heterocycles. The summed E-state index contributed by atoms with van der Waals surface area (Å²) in [5, 5.41) is 3.12. The minimum Gasteiger partial charge on any atom is -0.307 e. The molecule has 1 fully saturated rings. The Kier molecular flexibility index (Phi) is 2.30. The summed E-state index contributed by atoms with van der Waals surface area (Å²) in [5.41, 5.74) is -0.255. The van der Waals surface area contributed by atoms with Crippen LogP contribution in [0.3, 0.4) is 0 Å². The molecule has 0 amide bonds. The molecule has 0 radical (unpaired) electrons. The number of carbonyl (C=O) groups excluding carboxylic acids is 1. The number of Topliss-reactive ketones (excluding diaryl/α,β-unsaturated/α-hetero) is 1. The van der Waals surface area contributed by atoms with Crippen molar-refractivity contribution in [3.05, 3.63) is 0 Å². The fraction of sp³-hybridized carbons (Fsp3) is 0.875. The van der Waals surface area contributed by atoms with Crippen LogP contribution in [-0.4, -0.2) is 43.4 Å². The van der Waals surface area contributed by atoms with Gasteiger partial charge in [0.15, 0.2) is 5.78 Å². The molecule has 0 aromatic heterocycles. The second kappa shape index (κ2) is 2.91. The fourth-order valence-corrected chi connectivity index (χ4v) is 1.67. The Hall–Kier alpha value is -0.410. The number of hydrogen-bond donors (Lipinski definition) is 1. The Morgan fingerprint density at radius 3 is 2.45 bits per heavy atom. The summed E-state index contributed by atoms with van der Waals surface area (Å²) in [4.78, 5) is 13.4. The average molecular weight is 156 g/mol. The van der Waals surface area contributed by atoms with Gasteiger partial charge in [-0.15, -0.1) is 0 Å². The van der Waals surface area contributed by atoms with Crippen LogP contribution < -0.4 is 5.32 Å². The number of likely N-dealkylation sites (tertiary alicyclic amines) is 1. The molecule has 11 heavy (non-hydrogen) atoms. The van der Waals surface area contributed by atoms with Gasteiger partial charge in [0.2, 0.25) is 0 Å². The molecule has 64 valence electrons. The van der Waals surface area contributed by atoms with Gasteiger partial charge in [0.25, 0.3) is 0 Å². The lowest BCUT2D eigenvalue weighted by atomic mass is 9.94. The predicted octanol–water partition coefficient (Wildman–Crippen LogP) is -0.131. The quantitative estimate of drug-likeness (QED) is 0.604. The molecule has 1 rings (SSSR count). The van der Waals surface area contributed by atoms with E-state index in [1.807, 2.05) is 14.1 Å². The highest BCUT2D eigenvalue weighted by molar-refractivity contribution is 5.86. The van der Waals surface area contributed by atoms with E-state index in [1.165, 1.54) is 0 Å². The maximum absolute atomic E-state index is 11.3. The van der Waals surface area contributed by atoms with E-state index in [0.717, 1.165) is 19.5 Å².